The third-order valence-corrected chi connectivity index (χ3v) is 6.11. The molecule has 0 aliphatic heterocycles. The molecule has 1 N–H and O–H groups in total. The highest BCUT2D eigenvalue weighted by Crippen LogP contribution is 2.34. The molecule has 3 nitrogen and oxygen atoms in total. The van der Waals surface area contributed by atoms with Crippen LogP contribution in [0.3, 0.4) is 0 Å². The summed E-state index contributed by atoms with van der Waals surface area (Å²) >= 11 is 4.11. The molecule has 26 heavy (non-hydrogen) atoms. The summed E-state index contributed by atoms with van der Waals surface area (Å²) in [4.78, 5) is 13.4. The molecule has 0 saturated heterocycles. The van der Waals surface area contributed by atoms with E-state index < -0.39 is 0 Å². The van der Waals surface area contributed by atoms with Crippen LogP contribution in [-0.2, 0) is 6.42 Å². The molecule has 136 valence electrons. The van der Waals surface area contributed by atoms with Crippen molar-refractivity contribution in [2.24, 2.45) is 0 Å². The van der Waals surface area contributed by atoms with Crippen LogP contribution in [0.15, 0.2) is 28.7 Å². The Labute approximate surface area is 180 Å². The van der Waals surface area contributed by atoms with E-state index in [0.29, 0.717) is 18.3 Å². The van der Waals surface area contributed by atoms with Gasteiger partial charge in [-0.25, -0.2) is 0 Å². The van der Waals surface area contributed by atoms with Crippen LogP contribution in [0.25, 0.3) is 11.0 Å². The number of ketones is 1. The Hall–Kier alpha value is -1.09. The fraction of sp³-hybridized carbons (Fsp3) is 0.286. The summed E-state index contributed by atoms with van der Waals surface area (Å²) in [6.45, 7) is 6.19. The van der Waals surface area contributed by atoms with Gasteiger partial charge in [0.1, 0.15) is 17.1 Å². The summed E-state index contributed by atoms with van der Waals surface area (Å²) < 4.78 is 7.46. The first-order chi connectivity index (χ1) is 12.3. The third-order valence-electron chi connectivity index (χ3n) is 4.47. The zero-order valence-corrected chi connectivity index (χ0v) is 19.3. The molecule has 5 heteroatoms. The van der Waals surface area contributed by atoms with E-state index in [2.05, 4.69) is 58.2 Å². The summed E-state index contributed by atoms with van der Waals surface area (Å²) in [6.07, 6.45) is 2.76. The summed E-state index contributed by atoms with van der Waals surface area (Å²) in [5.41, 5.74) is 4.21. The number of hydrogen-bond acceptors (Lipinski definition) is 3. The van der Waals surface area contributed by atoms with Crippen LogP contribution in [0.4, 0.5) is 0 Å². The average molecular weight is 574 g/mol. The molecule has 0 amide bonds. The van der Waals surface area contributed by atoms with Crippen molar-refractivity contribution in [3.8, 4) is 5.75 Å². The number of unbranched alkanes of at least 4 members (excludes halogenated alkanes) is 1. The van der Waals surface area contributed by atoms with E-state index >= 15 is 0 Å². The fourth-order valence-electron chi connectivity index (χ4n) is 3.25. The van der Waals surface area contributed by atoms with Gasteiger partial charge in [-0.2, -0.15) is 0 Å². The third kappa shape index (κ3) is 3.65. The highest BCUT2D eigenvalue weighted by molar-refractivity contribution is 14.1. The van der Waals surface area contributed by atoms with Gasteiger partial charge in [0.2, 0.25) is 0 Å². The second kappa shape index (κ2) is 7.88. The molecular formula is C21H20I2O3. The molecule has 0 atom stereocenters. The molecule has 0 bridgehead atoms. The summed E-state index contributed by atoms with van der Waals surface area (Å²) in [5, 5.41) is 10.9. The second-order valence-electron chi connectivity index (χ2n) is 6.58. The molecule has 0 aliphatic rings. The largest absolute Gasteiger partial charge is 0.506 e. The smallest absolute Gasteiger partial charge is 0.197 e. The number of rotatable bonds is 5. The lowest BCUT2D eigenvalue weighted by atomic mass is 9.95. The van der Waals surface area contributed by atoms with Crippen LogP contribution in [0.1, 0.15) is 52.6 Å². The van der Waals surface area contributed by atoms with Gasteiger partial charge >= 0.3 is 0 Å². The zero-order valence-electron chi connectivity index (χ0n) is 15.0. The number of phenols is 1. The number of carbonyl (C=O) groups is 1. The first kappa shape index (κ1) is 19.7. The quantitative estimate of drug-likeness (QED) is 0.279. The number of furan rings is 1. The van der Waals surface area contributed by atoms with Gasteiger partial charge in [-0.1, -0.05) is 19.4 Å². The Morgan fingerprint density at radius 3 is 2.38 bits per heavy atom. The molecule has 2 aromatic carbocycles. The lowest BCUT2D eigenvalue weighted by Crippen LogP contribution is -2.05. The first-order valence-electron chi connectivity index (χ1n) is 8.58. The molecule has 0 unspecified atom stereocenters. The van der Waals surface area contributed by atoms with Crippen molar-refractivity contribution < 1.29 is 14.3 Å². The first-order valence-corrected chi connectivity index (χ1v) is 10.7. The summed E-state index contributed by atoms with van der Waals surface area (Å²) in [6, 6.07) is 7.57. The predicted octanol–water partition coefficient (Wildman–Crippen LogP) is 6.54. The number of fused-ring (bicyclic) bond motifs is 1. The van der Waals surface area contributed by atoms with Crippen molar-refractivity contribution in [1.82, 2.24) is 0 Å². The van der Waals surface area contributed by atoms with Crippen molar-refractivity contribution >= 4 is 61.9 Å². The van der Waals surface area contributed by atoms with Gasteiger partial charge in [0.25, 0.3) is 0 Å². The highest BCUT2D eigenvalue weighted by atomic mass is 127. The monoisotopic (exact) mass is 574 g/mol. The summed E-state index contributed by atoms with van der Waals surface area (Å²) in [7, 11) is 0. The molecule has 1 aromatic heterocycles. The van der Waals surface area contributed by atoms with E-state index in [1.165, 1.54) is 0 Å². The highest BCUT2D eigenvalue weighted by Gasteiger charge is 2.24. The van der Waals surface area contributed by atoms with E-state index in [9.17, 15) is 9.90 Å². The van der Waals surface area contributed by atoms with E-state index in [1.54, 1.807) is 12.1 Å². The predicted molar refractivity (Wildman–Crippen MR) is 121 cm³/mol. The van der Waals surface area contributed by atoms with Gasteiger partial charge in [0.05, 0.1) is 12.7 Å². The molecule has 3 rings (SSSR count). The maximum atomic E-state index is 13.4. The van der Waals surface area contributed by atoms with Crippen molar-refractivity contribution in [3.63, 3.8) is 0 Å². The minimum absolute atomic E-state index is 0.0439. The normalized spacial score (nSPS) is 11.3. The molecule has 0 spiro atoms. The molecular weight excluding hydrogens is 554 g/mol. The summed E-state index contributed by atoms with van der Waals surface area (Å²) in [5.74, 6) is 0.939. The SMILES string of the molecule is CCCCc1oc2cc(C)cc(C)c2c1C(=O)c1cc(I)c(O)c(I)c1. The van der Waals surface area contributed by atoms with Crippen molar-refractivity contribution in [1.29, 1.82) is 0 Å². The number of aromatic hydroxyl groups is 1. The van der Waals surface area contributed by atoms with Crippen LogP contribution in [0.5, 0.6) is 5.75 Å². The molecule has 3 aromatic rings. The van der Waals surface area contributed by atoms with Gasteiger partial charge in [0.15, 0.2) is 5.78 Å². The van der Waals surface area contributed by atoms with Gasteiger partial charge < -0.3 is 9.52 Å². The van der Waals surface area contributed by atoms with Gasteiger partial charge in [-0.3, -0.25) is 4.79 Å². The molecule has 1 heterocycles. The zero-order chi connectivity index (χ0) is 19.0. The van der Waals surface area contributed by atoms with Crippen LogP contribution in [-0.4, -0.2) is 10.9 Å². The number of halogens is 2. The average Bonchev–Trinajstić information content (AvgIpc) is 2.95. The van der Waals surface area contributed by atoms with Crippen LogP contribution >= 0.6 is 45.2 Å². The Kier molecular flexibility index (Phi) is 5.96. The van der Waals surface area contributed by atoms with E-state index in [-0.39, 0.29) is 11.5 Å². The number of phenolic OH excluding ortho intramolecular Hbond substituents is 1. The maximum Gasteiger partial charge on any atom is 0.197 e. The van der Waals surface area contributed by atoms with Gasteiger partial charge in [-0.15, -0.1) is 0 Å². The maximum absolute atomic E-state index is 13.4. The Bertz CT molecular complexity index is 979. The minimum Gasteiger partial charge on any atom is -0.506 e. The van der Waals surface area contributed by atoms with Crippen molar-refractivity contribution in [3.05, 3.63) is 59.4 Å². The van der Waals surface area contributed by atoms with E-state index in [4.69, 9.17) is 4.42 Å². The number of hydrogen-bond donors (Lipinski definition) is 1. The fourth-order valence-corrected chi connectivity index (χ4v) is 5.02. The Morgan fingerprint density at radius 1 is 1.12 bits per heavy atom. The topological polar surface area (TPSA) is 50.4 Å². The van der Waals surface area contributed by atoms with Gasteiger partial charge in [0, 0.05) is 17.4 Å². The molecule has 0 aliphatic carbocycles. The number of carbonyl (C=O) groups excluding carboxylic acids is 1. The minimum atomic E-state index is -0.0439. The molecule has 0 saturated carbocycles. The van der Waals surface area contributed by atoms with Crippen molar-refractivity contribution in [2.75, 3.05) is 0 Å². The van der Waals surface area contributed by atoms with E-state index in [1.807, 2.05) is 19.9 Å². The molecule has 0 radical (unpaired) electrons. The number of aryl methyl sites for hydroxylation is 3. The van der Waals surface area contributed by atoms with Crippen LogP contribution < -0.4 is 0 Å². The van der Waals surface area contributed by atoms with E-state index in [0.717, 1.165) is 47.1 Å². The Morgan fingerprint density at radius 2 is 1.77 bits per heavy atom. The molecule has 0 fully saturated rings. The lowest BCUT2D eigenvalue weighted by molar-refractivity contribution is 0.103. The van der Waals surface area contributed by atoms with Gasteiger partial charge in [-0.05, 0) is 94.8 Å². The number of benzene rings is 2. The standard InChI is InChI=1S/C21H20I2O3/c1-4-5-6-16-19(18-12(3)7-11(2)8-17(18)26-16)20(24)13-9-14(22)21(25)15(23)10-13/h7-10,25H,4-6H2,1-3H3. The lowest BCUT2D eigenvalue weighted by Gasteiger charge is -2.07. The van der Waals surface area contributed by atoms with Crippen molar-refractivity contribution in [2.45, 2.75) is 40.0 Å². The van der Waals surface area contributed by atoms with Crippen LogP contribution in [0.2, 0.25) is 0 Å². The Balaban J connectivity index is 2.23. The second-order valence-corrected chi connectivity index (χ2v) is 8.90. The van der Waals surface area contributed by atoms with Crippen LogP contribution in [0, 0.1) is 21.0 Å².